The molecular formula is C17H39N2O5Si+. The highest BCUT2D eigenvalue weighted by Gasteiger charge is 2.36. The minimum Gasteiger partial charge on any atom is -0.460 e. The molecule has 0 aliphatic heterocycles. The van der Waals surface area contributed by atoms with Crippen LogP contribution in [0.3, 0.4) is 0 Å². The first-order chi connectivity index (χ1) is 11.8. The predicted molar refractivity (Wildman–Crippen MR) is 101 cm³/mol. The fourth-order valence-corrected chi connectivity index (χ4v) is 4.20. The van der Waals surface area contributed by atoms with Crippen LogP contribution < -0.4 is 5.32 Å². The van der Waals surface area contributed by atoms with Gasteiger partial charge in [-0.1, -0.05) is 13.3 Å². The first kappa shape index (κ1) is 24.5. The van der Waals surface area contributed by atoms with E-state index in [4.69, 9.17) is 18.0 Å². The van der Waals surface area contributed by atoms with E-state index >= 15 is 0 Å². The van der Waals surface area contributed by atoms with E-state index in [9.17, 15) is 4.79 Å². The van der Waals surface area contributed by atoms with E-state index in [-0.39, 0.29) is 5.97 Å². The maximum atomic E-state index is 11.8. The van der Waals surface area contributed by atoms with Crippen LogP contribution in [0.2, 0.25) is 6.04 Å². The van der Waals surface area contributed by atoms with Crippen molar-refractivity contribution in [2.24, 2.45) is 0 Å². The van der Waals surface area contributed by atoms with E-state index in [2.05, 4.69) is 26.3 Å². The van der Waals surface area contributed by atoms with Gasteiger partial charge in [-0.15, -0.1) is 0 Å². The summed E-state index contributed by atoms with van der Waals surface area (Å²) in [5.74, 6) is -0.141. The second-order valence-electron chi connectivity index (χ2n) is 6.86. The summed E-state index contributed by atoms with van der Waals surface area (Å²) < 4.78 is 22.3. The molecule has 0 aliphatic carbocycles. The van der Waals surface area contributed by atoms with Gasteiger partial charge >= 0.3 is 14.8 Å². The number of esters is 1. The van der Waals surface area contributed by atoms with Crippen molar-refractivity contribution in [2.75, 3.05) is 68.2 Å². The van der Waals surface area contributed by atoms with E-state index in [1.807, 2.05) is 0 Å². The van der Waals surface area contributed by atoms with Gasteiger partial charge in [-0.05, 0) is 19.4 Å². The third-order valence-electron chi connectivity index (χ3n) is 4.35. The number of nitrogens with one attached hydrogen (secondary N) is 1. The Morgan fingerprint density at radius 1 is 1.00 bits per heavy atom. The zero-order chi connectivity index (χ0) is 19.2. The van der Waals surface area contributed by atoms with E-state index in [0.717, 1.165) is 36.6 Å². The van der Waals surface area contributed by atoms with Gasteiger partial charge in [0.05, 0.1) is 27.1 Å². The molecule has 0 bridgehead atoms. The Kier molecular flexibility index (Phi) is 13.4. The molecule has 0 heterocycles. The molecule has 0 aliphatic rings. The van der Waals surface area contributed by atoms with Crippen LogP contribution in [0, 0.1) is 0 Å². The molecule has 0 fully saturated rings. The van der Waals surface area contributed by atoms with Crippen LogP contribution >= 0.6 is 0 Å². The first-order valence-electron chi connectivity index (χ1n) is 9.18. The van der Waals surface area contributed by atoms with Crippen LogP contribution in [0.25, 0.3) is 0 Å². The molecule has 0 atom stereocenters. The Morgan fingerprint density at radius 3 is 2.20 bits per heavy atom. The number of ether oxygens (including phenoxy) is 1. The van der Waals surface area contributed by atoms with Crippen LogP contribution in [0.1, 0.15) is 32.6 Å². The fraction of sp³-hybridized carbons (Fsp3) is 0.941. The molecule has 1 N–H and O–H groups in total. The monoisotopic (exact) mass is 379 g/mol. The van der Waals surface area contributed by atoms with Crippen LogP contribution in [0.4, 0.5) is 0 Å². The van der Waals surface area contributed by atoms with Crippen molar-refractivity contribution in [1.82, 2.24) is 5.32 Å². The number of hydrogen-bond acceptors (Lipinski definition) is 6. The number of rotatable bonds is 16. The zero-order valence-corrected chi connectivity index (χ0v) is 18.1. The average Bonchev–Trinajstić information content (AvgIpc) is 2.60. The molecular weight excluding hydrogens is 340 g/mol. The van der Waals surface area contributed by atoms with Crippen LogP contribution in [-0.4, -0.2) is 87.5 Å². The molecule has 0 rings (SSSR count). The van der Waals surface area contributed by atoms with E-state index in [0.29, 0.717) is 19.6 Å². The summed E-state index contributed by atoms with van der Waals surface area (Å²) in [6.45, 7) is 6.06. The number of nitrogens with zero attached hydrogens (tertiary/aromatic N) is 1. The molecule has 0 aromatic carbocycles. The van der Waals surface area contributed by atoms with Crippen molar-refractivity contribution in [3.63, 3.8) is 0 Å². The number of likely N-dealkylation sites (N-methyl/N-ethyl adjacent to an activating group) is 1. The lowest BCUT2D eigenvalue weighted by Gasteiger charge is -2.29. The summed E-state index contributed by atoms with van der Waals surface area (Å²) in [5.41, 5.74) is 0. The molecule has 0 unspecified atom stereocenters. The van der Waals surface area contributed by atoms with E-state index < -0.39 is 8.80 Å². The molecule has 8 heteroatoms. The van der Waals surface area contributed by atoms with Gasteiger partial charge < -0.3 is 27.8 Å². The predicted octanol–water partition coefficient (Wildman–Crippen LogP) is 1.65. The maximum Gasteiger partial charge on any atom is 0.500 e. The van der Waals surface area contributed by atoms with Crippen molar-refractivity contribution in [3.05, 3.63) is 0 Å². The largest absolute Gasteiger partial charge is 0.500 e. The molecule has 0 aromatic heterocycles. The number of quaternary nitrogens is 1. The van der Waals surface area contributed by atoms with E-state index in [1.54, 1.807) is 21.3 Å². The molecule has 0 saturated carbocycles. The molecule has 0 amide bonds. The normalized spacial score (nSPS) is 12.4. The summed E-state index contributed by atoms with van der Waals surface area (Å²) >= 11 is 0. The van der Waals surface area contributed by atoms with Gasteiger partial charge in [0.1, 0.15) is 13.2 Å². The molecule has 0 radical (unpaired) electrons. The van der Waals surface area contributed by atoms with Gasteiger partial charge in [0.2, 0.25) is 0 Å². The van der Waals surface area contributed by atoms with Crippen molar-refractivity contribution < 1.29 is 27.3 Å². The van der Waals surface area contributed by atoms with Gasteiger partial charge in [0, 0.05) is 33.9 Å². The zero-order valence-electron chi connectivity index (χ0n) is 17.1. The Hall–Kier alpha value is -0.513. The second-order valence-corrected chi connectivity index (χ2v) is 9.95. The van der Waals surface area contributed by atoms with Crippen molar-refractivity contribution >= 4 is 14.8 Å². The average molecular weight is 380 g/mol. The highest BCUT2D eigenvalue weighted by molar-refractivity contribution is 6.60. The summed E-state index contributed by atoms with van der Waals surface area (Å²) in [7, 11) is 6.72. The smallest absolute Gasteiger partial charge is 0.460 e. The highest BCUT2D eigenvalue weighted by Crippen LogP contribution is 2.14. The molecule has 0 aromatic rings. The lowest BCUT2D eigenvalue weighted by Crippen LogP contribution is -2.43. The van der Waals surface area contributed by atoms with Crippen molar-refractivity contribution in [1.29, 1.82) is 0 Å². The van der Waals surface area contributed by atoms with Gasteiger partial charge in [-0.2, -0.15) is 0 Å². The van der Waals surface area contributed by atoms with Gasteiger partial charge in [-0.3, -0.25) is 4.79 Å². The number of carbonyl (C=O) groups is 1. The quantitative estimate of drug-likeness (QED) is 0.190. The number of carbonyl (C=O) groups excluding carboxylic acids is 1. The molecule has 7 nitrogen and oxygen atoms in total. The minimum absolute atomic E-state index is 0.141. The van der Waals surface area contributed by atoms with Crippen LogP contribution in [0.15, 0.2) is 0 Å². The van der Waals surface area contributed by atoms with Crippen LogP contribution in [0.5, 0.6) is 0 Å². The van der Waals surface area contributed by atoms with E-state index in [1.165, 1.54) is 12.8 Å². The van der Waals surface area contributed by atoms with Crippen LogP contribution in [-0.2, 0) is 22.8 Å². The van der Waals surface area contributed by atoms with Gasteiger partial charge in [0.15, 0.2) is 0 Å². The molecule has 150 valence electrons. The Morgan fingerprint density at radius 2 is 1.64 bits per heavy atom. The SMILES string of the molecule is CCCC[N+](C)(C)CCOC(=O)CCNCCC[Si](OC)(OC)OC. The maximum absolute atomic E-state index is 11.8. The lowest BCUT2D eigenvalue weighted by molar-refractivity contribution is -0.890. The standard InChI is InChI=1S/C17H39N2O5Si/c1-7-8-13-19(2,3)14-15-24-17(20)10-12-18-11-9-16-25(21-4,22-5)23-6/h18H,7-16H2,1-6H3/q+1. The third kappa shape index (κ3) is 11.7. The Labute approximate surface area is 154 Å². The van der Waals surface area contributed by atoms with Gasteiger partial charge in [0.25, 0.3) is 0 Å². The highest BCUT2D eigenvalue weighted by atomic mass is 28.4. The minimum atomic E-state index is -2.48. The fourth-order valence-electron chi connectivity index (χ4n) is 2.48. The summed E-state index contributed by atoms with van der Waals surface area (Å²) in [6.07, 6.45) is 3.66. The second kappa shape index (κ2) is 13.7. The molecule has 0 spiro atoms. The molecule has 0 saturated heterocycles. The lowest BCUT2D eigenvalue weighted by atomic mass is 10.3. The Bertz CT molecular complexity index is 344. The summed E-state index contributed by atoms with van der Waals surface area (Å²) in [5, 5.41) is 3.25. The van der Waals surface area contributed by atoms with Crippen molar-refractivity contribution in [2.45, 2.75) is 38.7 Å². The molecule has 25 heavy (non-hydrogen) atoms. The van der Waals surface area contributed by atoms with Crippen molar-refractivity contribution in [3.8, 4) is 0 Å². The topological polar surface area (TPSA) is 66.0 Å². The number of unbranched alkanes of at least 4 members (excludes halogenated alkanes) is 1. The Balaban J connectivity index is 3.71. The summed E-state index contributed by atoms with van der Waals surface area (Å²) in [4.78, 5) is 11.8. The third-order valence-corrected chi connectivity index (χ3v) is 7.18. The van der Waals surface area contributed by atoms with Gasteiger partial charge in [-0.25, -0.2) is 0 Å². The number of hydrogen-bond donors (Lipinski definition) is 1. The summed E-state index contributed by atoms with van der Waals surface area (Å²) in [6, 6.07) is 0.749. The first-order valence-corrected chi connectivity index (χ1v) is 11.1.